The van der Waals surface area contributed by atoms with Crippen LogP contribution in [-0.2, 0) is 10.0 Å². The third-order valence-electron chi connectivity index (χ3n) is 5.18. The Kier molecular flexibility index (Phi) is 6.16. The Morgan fingerprint density at radius 1 is 0.971 bits per heavy atom. The minimum atomic E-state index is -4.03. The smallest absolute Gasteiger partial charge is 0.291 e. The molecule has 0 fully saturated rings. The lowest BCUT2D eigenvalue weighted by molar-refractivity contribution is 0.0998. The van der Waals surface area contributed by atoms with Crippen LogP contribution in [0.3, 0.4) is 0 Å². The molecule has 1 aromatic heterocycles. The fourth-order valence-electron chi connectivity index (χ4n) is 3.41. The van der Waals surface area contributed by atoms with Gasteiger partial charge in [-0.3, -0.25) is 9.52 Å². The zero-order chi connectivity index (χ0) is 24.5. The van der Waals surface area contributed by atoms with Gasteiger partial charge in [-0.05, 0) is 67.6 Å². The van der Waals surface area contributed by atoms with Gasteiger partial charge in [0.25, 0.3) is 15.9 Å². The fourth-order valence-corrected chi connectivity index (χ4v) is 4.48. The van der Waals surface area contributed by atoms with Gasteiger partial charge in [0.05, 0.1) is 24.8 Å². The van der Waals surface area contributed by atoms with Gasteiger partial charge < -0.3 is 19.2 Å². The summed E-state index contributed by atoms with van der Waals surface area (Å²) in [6.45, 7) is 1.76. The number of carbonyl (C=O) groups is 1. The van der Waals surface area contributed by atoms with E-state index in [1.54, 1.807) is 38.3 Å². The summed E-state index contributed by atoms with van der Waals surface area (Å²) in [4.78, 5) is 12.8. The maximum absolute atomic E-state index is 13.2. The highest BCUT2D eigenvalue weighted by molar-refractivity contribution is 7.92. The van der Waals surface area contributed by atoms with E-state index < -0.39 is 21.7 Å². The van der Waals surface area contributed by atoms with Crippen LogP contribution in [0.15, 0.2) is 70.0 Å². The Labute approximate surface area is 195 Å². The van der Waals surface area contributed by atoms with Gasteiger partial charge in [0.1, 0.15) is 22.9 Å². The van der Waals surface area contributed by atoms with E-state index in [1.807, 2.05) is 0 Å². The molecule has 0 aliphatic carbocycles. The lowest BCUT2D eigenvalue weighted by atomic mass is 10.1. The molecule has 4 aromatic rings. The maximum Gasteiger partial charge on any atom is 0.291 e. The van der Waals surface area contributed by atoms with E-state index in [9.17, 15) is 17.6 Å². The van der Waals surface area contributed by atoms with Crippen molar-refractivity contribution < 1.29 is 31.5 Å². The van der Waals surface area contributed by atoms with Crippen molar-refractivity contribution in [2.24, 2.45) is 0 Å². The van der Waals surface area contributed by atoms with E-state index >= 15 is 0 Å². The summed E-state index contributed by atoms with van der Waals surface area (Å²) in [5, 5.41) is 3.45. The van der Waals surface area contributed by atoms with Crippen LogP contribution in [0.5, 0.6) is 11.5 Å². The molecule has 1 amide bonds. The number of furan rings is 1. The standard InChI is InChI=1S/C24H21FN2O6S/c1-14-19-13-17(31-2)7-11-21(19)33-23(14)24(28)26-16-6-10-22(32-3)20(12-16)27-34(29,30)18-8-4-15(25)5-9-18/h4-13,27H,1-3H3,(H,26,28). The van der Waals surface area contributed by atoms with E-state index in [1.165, 1.54) is 19.2 Å². The Balaban J connectivity index is 1.62. The van der Waals surface area contributed by atoms with Gasteiger partial charge >= 0.3 is 0 Å². The SMILES string of the molecule is COc1ccc2oc(C(=O)Nc3ccc(OC)c(NS(=O)(=O)c4ccc(F)cc4)c3)c(C)c2c1. The van der Waals surface area contributed by atoms with Crippen molar-refractivity contribution in [3.05, 3.63) is 77.8 Å². The number of anilines is 2. The fraction of sp³-hybridized carbons (Fsp3) is 0.125. The molecule has 0 aliphatic heterocycles. The minimum absolute atomic E-state index is 0.0932. The number of methoxy groups -OCH3 is 2. The monoisotopic (exact) mass is 484 g/mol. The van der Waals surface area contributed by atoms with Crippen molar-refractivity contribution in [2.45, 2.75) is 11.8 Å². The number of rotatable bonds is 7. The summed E-state index contributed by atoms with van der Waals surface area (Å²) < 4.78 is 57.2. The van der Waals surface area contributed by atoms with Gasteiger partial charge in [0.2, 0.25) is 0 Å². The van der Waals surface area contributed by atoms with E-state index in [0.717, 1.165) is 29.7 Å². The van der Waals surface area contributed by atoms with Gasteiger partial charge in [-0.25, -0.2) is 12.8 Å². The summed E-state index contributed by atoms with van der Waals surface area (Å²) in [6.07, 6.45) is 0. The largest absolute Gasteiger partial charge is 0.497 e. The number of fused-ring (bicyclic) bond motifs is 1. The second kappa shape index (κ2) is 9.06. The lowest BCUT2D eigenvalue weighted by Crippen LogP contribution is -2.15. The van der Waals surface area contributed by atoms with Crippen molar-refractivity contribution in [3.8, 4) is 11.5 Å². The first-order valence-corrected chi connectivity index (χ1v) is 11.5. The molecule has 0 saturated carbocycles. The molecular formula is C24H21FN2O6S. The van der Waals surface area contributed by atoms with Crippen molar-refractivity contribution in [1.29, 1.82) is 0 Å². The Morgan fingerprint density at radius 2 is 1.71 bits per heavy atom. The molecule has 176 valence electrons. The zero-order valence-electron chi connectivity index (χ0n) is 18.5. The number of halogens is 1. The molecule has 0 aliphatic rings. The molecule has 0 spiro atoms. The number of amides is 1. The van der Waals surface area contributed by atoms with Crippen LogP contribution < -0.4 is 19.5 Å². The Hall–Kier alpha value is -4.05. The minimum Gasteiger partial charge on any atom is -0.497 e. The highest BCUT2D eigenvalue weighted by atomic mass is 32.2. The van der Waals surface area contributed by atoms with Crippen LogP contribution in [0, 0.1) is 12.7 Å². The quantitative estimate of drug-likeness (QED) is 0.384. The summed E-state index contributed by atoms with van der Waals surface area (Å²) in [7, 11) is -1.09. The van der Waals surface area contributed by atoms with Crippen LogP contribution >= 0.6 is 0 Å². The second-order valence-corrected chi connectivity index (χ2v) is 9.03. The number of hydrogen-bond donors (Lipinski definition) is 2. The number of carbonyl (C=O) groups excluding carboxylic acids is 1. The number of nitrogens with one attached hydrogen (secondary N) is 2. The molecule has 0 atom stereocenters. The molecule has 10 heteroatoms. The predicted octanol–water partition coefficient (Wildman–Crippen LogP) is 4.95. The van der Waals surface area contributed by atoms with Crippen LogP contribution in [0.2, 0.25) is 0 Å². The summed E-state index contributed by atoms with van der Waals surface area (Å²) in [5.41, 5.74) is 1.57. The van der Waals surface area contributed by atoms with Crippen molar-refractivity contribution in [3.63, 3.8) is 0 Å². The molecule has 4 rings (SSSR count). The predicted molar refractivity (Wildman–Crippen MR) is 126 cm³/mol. The number of benzene rings is 3. The van der Waals surface area contributed by atoms with Gasteiger partial charge in [0.15, 0.2) is 5.76 Å². The summed E-state index contributed by atoms with van der Waals surface area (Å²) in [5.74, 6) is -0.0782. The second-order valence-electron chi connectivity index (χ2n) is 7.35. The van der Waals surface area contributed by atoms with E-state index in [0.29, 0.717) is 22.6 Å². The number of sulfonamides is 1. The summed E-state index contributed by atoms with van der Waals surface area (Å²) >= 11 is 0. The van der Waals surface area contributed by atoms with Gasteiger partial charge in [-0.2, -0.15) is 0 Å². The Bertz CT molecular complexity index is 1480. The molecule has 0 saturated heterocycles. The van der Waals surface area contributed by atoms with Crippen molar-refractivity contribution in [2.75, 3.05) is 24.3 Å². The molecule has 0 radical (unpaired) electrons. The first-order valence-electron chi connectivity index (χ1n) is 10.1. The van der Waals surface area contributed by atoms with Gasteiger partial charge in [0, 0.05) is 16.6 Å². The lowest BCUT2D eigenvalue weighted by Gasteiger charge is -2.14. The molecule has 3 aromatic carbocycles. The molecule has 0 bridgehead atoms. The zero-order valence-corrected chi connectivity index (χ0v) is 19.3. The van der Waals surface area contributed by atoms with Crippen LogP contribution in [0.25, 0.3) is 11.0 Å². The number of ether oxygens (including phenoxy) is 2. The van der Waals surface area contributed by atoms with Gasteiger partial charge in [-0.1, -0.05) is 0 Å². The number of aryl methyl sites for hydroxylation is 1. The molecule has 8 nitrogen and oxygen atoms in total. The third-order valence-corrected chi connectivity index (χ3v) is 6.56. The average Bonchev–Trinajstić information content (AvgIpc) is 3.15. The first kappa shape index (κ1) is 23.1. The van der Waals surface area contributed by atoms with Crippen molar-refractivity contribution >= 4 is 38.3 Å². The van der Waals surface area contributed by atoms with Crippen LogP contribution in [0.1, 0.15) is 16.1 Å². The van der Waals surface area contributed by atoms with Gasteiger partial charge in [-0.15, -0.1) is 0 Å². The molecule has 0 unspecified atom stereocenters. The third kappa shape index (κ3) is 4.53. The van der Waals surface area contributed by atoms with Crippen molar-refractivity contribution in [1.82, 2.24) is 0 Å². The van der Waals surface area contributed by atoms with Crippen LogP contribution in [0.4, 0.5) is 15.8 Å². The molecular weight excluding hydrogens is 463 g/mol. The summed E-state index contributed by atoms with van der Waals surface area (Å²) in [6, 6.07) is 14.1. The van der Waals surface area contributed by atoms with E-state index in [2.05, 4.69) is 10.0 Å². The van der Waals surface area contributed by atoms with Crippen LogP contribution in [-0.4, -0.2) is 28.5 Å². The highest BCUT2D eigenvalue weighted by Gasteiger charge is 2.20. The molecule has 2 N–H and O–H groups in total. The topological polar surface area (TPSA) is 107 Å². The molecule has 34 heavy (non-hydrogen) atoms. The van der Waals surface area contributed by atoms with E-state index in [4.69, 9.17) is 13.9 Å². The average molecular weight is 485 g/mol. The molecule has 1 heterocycles. The normalized spacial score (nSPS) is 11.3. The van der Waals surface area contributed by atoms with E-state index in [-0.39, 0.29) is 22.1 Å². The number of hydrogen-bond acceptors (Lipinski definition) is 6. The first-order chi connectivity index (χ1) is 16.2. The highest BCUT2D eigenvalue weighted by Crippen LogP contribution is 2.32. The Morgan fingerprint density at radius 3 is 2.38 bits per heavy atom. The maximum atomic E-state index is 13.2.